The van der Waals surface area contributed by atoms with E-state index < -0.39 is 0 Å². The van der Waals surface area contributed by atoms with Gasteiger partial charge in [-0.3, -0.25) is 0 Å². The minimum atomic E-state index is 0.633. The van der Waals surface area contributed by atoms with Crippen LogP contribution in [0.2, 0.25) is 0 Å². The van der Waals surface area contributed by atoms with Crippen LogP contribution in [0.4, 0.5) is 0 Å². The van der Waals surface area contributed by atoms with Crippen LogP contribution in [-0.2, 0) is 6.42 Å². The minimum Gasteiger partial charge on any atom is -0.0888 e. The van der Waals surface area contributed by atoms with Crippen molar-refractivity contribution in [1.82, 2.24) is 0 Å². The first-order chi connectivity index (χ1) is 7.41. The molecule has 0 heterocycles. The first-order valence-electron chi connectivity index (χ1n) is 6.12. The highest BCUT2D eigenvalue weighted by atomic mass is 79.9. The second-order valence-corrected chi connectivity index (χ2v) is 6.34. The molecule has 0 saturated carbocycles. The van der Waals surface area contributed by atoms with Gasteiger partial charge in [0, 0.05) is 4.83 Å². The molecule has 0 fully saturated rings. The van der Waals surface area contributed by atoms with E-state index in [9.17, 15) is 0 Å². The Morgan fingerprint density at radius 2 is 1.56 bits per heavy atom. The topological polar surface area (TPSA) is 0 Å². The van der Waals surface area contributed by atoms with Crippen LogP contribution in [0.25, 0.3) is 0 Å². The van der Waals surface area contributed by atoms with Crippen LogP contribution in [0.15, 0.2) is 12.1 Å². The number of hydrogen-bond donors (Lipinski definition) is 0. The van der Waals surface area contributed by atoms with Crippen molar-refractivity contribution < 1.29 is 0 Å². The minimum absolute atomic E-state index is 0.633. The summed E-state index contributed by atoms with van der Waals surface area (Å²) in [7, 11) is 0. The highest BCUT2D eigenvalue weighted by Gasteiger charge is 2.10. The van der Waals surface area contributed by atoms with Crippen molar-refractivity contribution in [2.45, 2.75) is 52.3 Å². The summed E-state index contributed by atoms with van der Waals surface area (Å²) in [5.74, 6) is 0.715. The summed E-state index contributed by atoms with van der Waals surface area (Å²) in [6.07, 6.45) is 2.40. The molecule has 0 spiro atoms. The molecular weight excluding hydrogens is 260 g/mol. The van der Waals surface area contributed by atoms with Crippen molar-refractivity contribution in [3.63, 3.8) is 0 Å². The molecule has 0 nitrogen and oxygen atoms in total. The maximum atomic E-state index is 3.76. The van der Waals surface area contributed by atoms with E-state index in [0.29, 0.717) is 10.7 Å². The summed E-state index contributed by atoms with van der Waals surface area (Å²) in [4.78, 5) is 0.633. The van der Waals surface area contributed by atoms with Crippen molar-refractivity contribution in [3.05, 3.63) is 34.4 Å². The quantitative estimate of drug-likeness (QED) is 0.685. The van der Waals surface area contributed by atoms with Gasteiger partial charge in [-0.25, -0.2) is 0 Å². The fourth-order valence-electron chi connectivity index (χ4n) is 1.92. The summed E-state index contributed by atoms with van der Waals surface area (Å²) in [6, 6.07) is 4.66. The summed E-state index contributed by atoms with van der Waals surface area (Å²) in [6.45, 7) is 11.2. The van der Waals surface area contributed by atoms with Crippen molar-refractivity contribution in [2.75, 3.05) is 0 Å². The predicted molar refractivity (Wildman–Crippen MR) is 76.5 cm³/mol. The Hall–Kier alpha value is -0.300. The zero-order chi connectivity index (χ0) is 12.3. The molecule has 0 aliphatic carbocycles. The van der Waals surface area contributed by atoms with Crippen molar-refractivity contribution in [1.29, 1.82) is 0 Å². The highest BCUT2D eigenvalue weighted by molar-refractivity contribution is 9.09. The van der Waals surface area contributed by atoms with E-state index in [1.54, 1.807) is 0 Å². The van der Waals surface area contributed by atoms with E-state index >= 15 is 0 Å². The van der Waals surface area contributed by atoms with Crippen LogP contribution >= 0.6 is 15.9 Å². The first kappa shape index (κ1) is 13.8. The molecule has 0 N–H and O–H groups in total. The molecule has 1 aromatic carbocycles. The Morgan fingerprint density at radius 1 is 1.00 bits per heavy atom. The van der Waals surface area contributed by atoms with Gasteiger partial charge in [-0.1, -0.05) is 41.9 Å². The van der Waals surface area contributed by atoms with Crippen molar-refractivity contribution in [2.24, 2.45) is 5.92 Å². The van der Waals surface area contributed by atoms with Crippen molar-refractivity contribution >= 4 is 15.9 Å². The molecular formula is C15H23Br. The summed E-state index contributed by atoms with van der Waals surface area (Å²) < 4.78 is 0. The molecule has 0 saturated heterocycles. The van der Waals surface area contributed by atoms with Gasteiger partial charge in [0.1, 0.15) is 0 Å². The van der Waals surface area contributed by atoms with Crippen LogP contribution in [0, 0.1) is 26.7 Å². The largest absolute Gasteiger partial charge is 0.0888 e. The molecule has 0 aliphatic rings. The smallest absolute Gasteiger partial charge is 0.0172 e. The van der Waals surface area contributed by atoms with Crippen LogP contribution < -0.4 is 0 Å². The standard InChI is InChI=1S/C15H23Br/c1-10(2)15(16)7-6-14-9-12(4)11(3)8-13(14)5/h8-10,15H,6-7H2,1-5H3. The SMILES string of the molecule is Cc1cc(C)c(CCC(Br)C(C)C)cc1C. The molecule has 90 valence electrons. The van der Waals surface area contributed by atoms with E-state index in [0.717, 1.165) is 0 Å². The van der Waals surface area contributed by atoms with Crippen LogP contribution in [0.1, 0.15) is 42.5 Å². The molecule has 0 aromatic heterocycles. The summed E-state index contributed by atoms with van der Waals surface area (Å²) in [5, 5.41) is 0. The van der Waals surface area contributed by atoms with Gasteiger partial charge in [0.2, 0.25) is 0 Å². The zero-order valence-electron chi connectivity index (χ0n) is 11.1. The number of rotatable bonds is 4. The lowest BCUT2D eigenvalue weighted by Gasteiger charge is -2.15. The van der Waals surface area contributed by atoms with E-state index in [1.165, 1.54) is 35.1 Å². The zero-order valence-corrected chi connectivity index (χ0v) is 12.7. The summed E-state index contributed by atoms with van der Waals surface area (Å²) in [5.41, 5.74) is 5.76. The lowest BCUT2D eigenvalue weighted by atomic mass is 9.95. The lowest BCUT2D eigenvalue weighted by Crippen LogP contribution is -2.08. The molecule has 0 amide bonds. The maximum absolute atomic E-state index is 3.76. The molecule has 16 heavy (non-hydrogen) atoms. The van der Waals surface area contributed by atoms with E-state index in [1.807, 2.05) is 0 Å². The lowest BCUT2D eigenvalue weighted by molar-refractivity contribution is 0.581. The first-order valence-corrected chi connectivity index (χ1v) is 7.04. The van der Waals surface area contributed by atoms with E-state index in [2.05, 4.69) is 62.7 Å². The average molecular weight is 283 g/mol. The third-order valence-electron chi connectivity index (χ3n) is 3.37. The number of halogens is 1. The van der Waals surface area contributed by atoms with Gasteiger partial charge in [0.05, 0.1) is 0 Å². The molecule has 1 unspecified atom stereocenters. The Morgan fingerprint density at radius 3 is 2.12 bits per heavy atom. The number of benzene rings is 1. The summed E-state index contributed by atoms with van der Waals surface area (Å²) >= 11 is 3.76. The van der Waals surface area contributed by atoms with Crippen LogP contribution in [-0.4, -0.2) is 4.83 Å². The fraction of sp³-hybridized carbons (Fsp3) is 0.600. The number of hydrogen-bond acceptors (Lipinski definition) is 0. The third-order valence-corrected chi connectivity index (χ3v) is 4.88. The Labute approximate surface area is 109 Å². The van der Waals surface area contributed by atoms with E-state index in [-0.39, 0.29) is 0 Å². The Kier molecular flexibility index (Phi) is 5.04. The molecule has 1 heteroatoms. The monoisotopic (exact) mass is 282 g/mol. The third kappa shape index (κ3) is 3.62. The van der Waals surface area contributed by atoms with Gasteiger partial charge >= 0.3 is 0 Å². The van der Waals surface area contributed by atoms with Gasteiger partial charge in [-0.15, -0.1) is 0 Å². The predicted octanol–water partition coefficient (Wildman–Crippen LogP) is 4.96. The van der Waals surface area contributed by atoms with Gasteiger partial charge in [-0.05, 0) is 61.8 Å². The van der Waals surface area contributed by atoms with Gasteiger partial charge in [0.15, 0.2) is 0 Å². The second kappa shape index (κ2) is 5.86. The number of aryl methyl sites for hydroxylation is 4. The molecule has 0 radical (unpaired) electrons. The second-order valence-electron chi connectivity index (χ2n) is 5.16. The number of alkyl halides is 1. The Balaban J connectivity index is 2.71. The van der Waals surface area contributed by atoms with Gasteiger partial charge < -0.3 is 0 Å². The van der Waals surface area contributed by atoms with E-state index in [4.69, 9.17) is 0 Å². The Bertz CT molecular complexity index is 353. The maximum Gasteiger partial charge on any atom is 0.0172 e. The molecule has 0 aliphatic heterocycles. The molecule has 1 aromatic rings. The van der Waals surface area contributed by atoms with Gasteiger partial charge in [-0.2, -0.15) is 0 Å². The van der Waals surface area contributed by atoms with Gasteiger partial charge in [0.25, 0.3) is 0 Å². The molecule has 0 bridgehead atoms. The molecule has 1 rings (SSSR count). The van der Waals surface area contributed by atoms with Crippen LogP contribution in [0.3, 0.4) is 0 Å². The van der Waals surface area contributed by atoms with Crippen LogP contribution in [0.5, 0.6) is 0 Å². The highest BCUT2D eigenvalue weighted by Crippen LogP contribution is 2.22. The fourth-order valence-corrected chi connectivity index (χ4v) is 2.15. The normalized spacial score (nSPS) is 13.2. The average Bonchev–Trinajstić information content (AvgIpc) is 2.20. The van der Waals surface area contributed by atoms with Crippen molar-refractivity contribution in [3.8, 4) is 0 Å². The molecule has 1 atom stereocenters.